The van der Waals surface area contributed by atoms with Crippen LogP contribution in [0.5, 0.6) is 0 Å². The summed E-state index contributed by atoms with van der Waals surface area (Å²) in [5.41, 5.74) is 1.71. The Labute approximate surface area is 173 Å². The number of sulfonamides is 1. The van der Waals surface area contributed by atoms with Crippen molar-refractivity contribution in [1.29, 1.82) is 0 Å². The predicted octanol–water partition coefficient (Wildman–Crippen LogP) is 4.75. The highest BCUT2D eigenvalue weighted by Crippen LogP contribution is 2.41. The number of alkyl halides is 1. The van der Waals surface area contributed by atoms with Crippen molar-refractivity contribution in [2.75, 3.05) is 0 Å². The van der Waals surface area contributed by atoms with Crippen LogP contribution in [-0.2, 0) is 10.0 Å². The van der Waals surface area contributed by atoms with Crippen LogP contribution in [0.15, 0.2) is 53.4 Å². The lowest BCUT2D eigenvalue weighted by Crippen LogP contribution is -2.21. The lowest BCUT2D eigenvalue weighted by atomic mass is 9.83. The maximum atomic E-state index is 12.6. The third-order valence-corrected chi connectivity index (χ3v) is 7.07. The fraction of sp³-hybridized carbons (Fsp3) is 0.286. The van der Waals surface area contributed by atoms with Gasteiger partial charge in [-0.1, -0.05) is 36.4 Å². The molecular weight excluding hydrogens is 412 g/mol. The summed E-state index contributed by atoms with van der Waals surface area (Å²) in [4.78, 5) is 12.0. The summed E-state index contributed by atoms with van der Waals surface area (Å²) >= 11 is 6.22. The van der Waals surface area contributed by atoms with Gasteiger partial charge in [0.2, 0.25) is 10.0 Å². The highest BCUT2D eigenvalue weighted by Gasteiger charge is 2.30. The first-order chi connectivity index (χ1) is 13.8. The molecule has 29 heavy (non-hydrogen) atoms. The average molecular weight is 433 g/mol. The van der Waals surface area contributed by atoms with E-state index in [1.807, 2.05) is 0 Å². The first kappa shape index (κ1) is 19.9. The Bertz CT molecular complexity index is 1190. The number of hydrogen-bond acceptors (Lipinski definition) is 3. The predicted molar refractivity (Wildman–Crippen MR) is 113 cm³/mol. The molecule has 4 rings (SSSR count). The Hall–Kier alpha value is -2.35. The van der Waals surface area contributed by atoms with Crippen LogP contribution in [0.2, 0.25) is 0 Å². The number of fused-ring (bicyclic) bond motifs is 1. The van der Waals surface area contributed by atoms with Gasteiger partial charge in [-0.3, -0.25) is 0 Å². The Morgan fingerprint density at radius 3 is 2.41 bits per heavy atom. The number of hydrogen-bond donors (Lipinski definition) is 2. The third-order valence-electron chi connectivity index (χ3n) is 5.60. The SMILES string of the molecule is NS(=O)(=O)c1c(-c2cc3ccccc3n2C(=O)O)cccc1C1CCC(Cl)CC1. The van der Waals surface area contributed by atoms with Gasteiger partial charge < -0.3 is 5.11 Å². The molecule has 0 radical (unpaired) electrons. The molecule has 0 bridgehead atoms. The number of aromatic nitrogens is 1. The summed E-state index contributed by atoms with van der Waals surface area (Å²) < 4.78 is 26.4. The van der Waals surface area contributed by atoms with Crippen molar-refractivity contribution in [2.24, 2.45) is 5.14 Å². The van der Waals surface area contributed by atoms with E-state index in [2.05, 4.69) is 0 Å². The highest BCUT2D eigenvalue weighted by atomic mass is 35.5. The lowest BCUT2D eigenvalue weighted by Gasteiger charge is -2.27. The Morgan fingerprint density at radius 2 is 1.76 bits per heavy atom. The normalized spacial score (nSPS) is 20.1. The number of primary sulfonamides is 1. The van der Waals surface area contributed by atoms with Gasteiger partial charge in [-0.05, 0) is 49.3 Å². The van der Waals surface area contributed by atoms with Gasteiger partial charge in [-0.2, -0.15) is 0 Å². The molecule has 152 valence electrons. The van der Waals surface area contributed by atoms with E-state index in [0.29, 0.717) is 22.0 Å². The van der Waals surface area contributed by atoms with Gasteiger partial charge in [0, 0.05) is 16.3 Å². The summed E-state index contributed by atoms with van der Waals surface area (Å²) in [6.45, 7) is 0. The maximum Gasteiger partial charge on any atom is 0.416 e. The maximum absolute atomic E-state index is 12.6. The second kappa shape index (κ2) is 7.48. The van der Waals surface area contributed by atoms with Crippen LogP contribution in [-0.4, -0.2) is 29.6 Å². The Balaban J connectivity index is 1.98. The number of carboxylic acid groups (broad SMARTS) is 1. The number of rotatable bonds is 3. The topological polar surface area (TPSA) is 102 Å². The summed E-state index contributed by atoms with van der Waals surface area (Å²) in [5.74, 6) is 0.0148. The molecule has 0 aliphatic heterocycles. The highest BCUT2D eigenvalue weighted by molar-refractivity contribution is 7.89. The van der Waals surface area contributed by atoms with Crippen LogP contribution < -0.4 is 5.14 Å². The number of nitrogens with two attached hydrogens (primary N) is 1. The quantitative estimate of drug-likeness (QED) is 0.583. The van der Waals surface area contributed by atoms with Crippen molar-refractivity contribution in [3.63, 3.8) is 0 Å². The zero-order chi connectivity index (χ0) is 20.8. The zero-order valence-electron chi connectivity index (χ0n) is 15.6. The van der Waals surface area contributed by atoms with E-state index < -0.39 is 16.1 Å². The molecular formula is C21H21ClN2O4S. The zero-order valence-corrected chi connectivity index (χ0v) is 17.2. The number of halogens is 1. The van der Waals surface area contributed by atoms with Crippen molar-refractivity contribution in [3.8, 4) is 11.3 Å². The summed E-state index contributed by atoms with van der Waals surface area (Å²) in [7, 11) is -4.09. The standard InChI is InChI=1S/C21H21ClN2O4S/c22-15-10-8-13(9-11-15)16-5-3-6-17(20(16)29(23,27)28)19-12-14-4-1-2-7-18(14)24(19)21(25)26/h1-7,12-13,15H,8-11H2,(H,25,26)(H2,23,27,28). The van der Waals surface area contributed by atoms with Gasteiger partial charge in [-0.15, -0.1) is 11.6 Å². The molecule has 2 aromatic carbocycles. The van der Waals surface area contributed by atoms with Crippen LogP contribution in [0.4, 0.5) is 4.79 Å². The number of para-hydroxylation sites is 1. The molecule has 1 saturated carbocycles. The molecule has 1 aromatic heterocycles. The molecule has 3 aromatic rings. The first-order valence-electron chi connectivity index (χ1n) is 9.41. The fourth-order valence-corrected chi connectivity index (χ4v) is 5.61. The van der Waals surface area contributed by atoms with Crippen LogP contribution in [0.25, 0.3) is 22.2 Å². The fourth-order valence-electron chi connectivity index (χ4n) is 4.32. The molecule has 1 fully saturated rings. The molecule has 0 amide bonds. The Kier molecular flexibility index (Phi) is 5.14. The number of carbonyl (C=O) groups is 1. The minimum Gasteiger partial charge on any atom is -0.464 e. The van der Waals surface area contributed by atoms with E-state index in [9.17, 15) is 18.3 Å². The van der Waals surface area contributed by atoms with Crippen molar-refractivity contribution >= 4 is 38.6 Å². The summed E-state index contributed by atoms with van der Waals surface area (Å²) in [6.07, 6.45) is 1.95. The van der Waals surface area contributed by atoms with E-state index in [1.165, 1.54) is 0 Å². The van der Waals surface area contributed by atoms with Gasteiger partial charge >= 0.3 is 6.09 Å². The van der Waals surface area contributed by atoms with E-state index >= 15 is 0 Å². The molecule has 0 atom stereocenters. The molecule has 1 aliphatic rings. The molecule has 1 heterocycles. The molecule has 3 N–H and O–H groups in total. The summed E-state index contributed by atoms with van der Waals surface area (Å²) in [5, 5.41) is 16.3. The van der Waals surface area contributed by atoms with Crippen LogP contribution >= 0.6 is 11.6 Å². The molecule has 0 saturated heterocycles. The van der Waals surface area contributed by atoms with E-state index in [4.69, 9.17) is 16.7 Å². The molecule has 8 heteroatoms. The molecule has 0 spiro atoms. The molecule has 6 nitrogen and oxygen atoms in total. The first-order valence-corrected chi connectivity index (χ1v) is 11.4. The van der Waals surface area contributed by atoms with Crippen LogP contribution in [0.3, 0.4) is 0 Å². The van der Waals surface area contributed by atoms with Gasteiger partial charge in [0.15, 0.2) is 0 Å². The van der Waals surface area contributed by atoms with E-state index in [0.717, 1.165) is 30.3 Å². The van der Waals surface area contributed by atoms with Crippen molar-refractivity contribution < 1.29 is 18.3 Å². The largest absolute Gasteiger partial charge is 0.464 e. The Morgan fingerprint density at radius 1 is 1.07 bits per heavy atom. The molecule has 0 unspecified atom stereocenters. The van der Waals surface area contributed by atoms with Gasteiger partial charge in [-0.25, -0.2) is 22.9 Å². The second-order valence-corrected chi connectivity index (χ2v) is 9.54. The monoisotopic (exact) mass is 432 g/mol. The van der Waals surface area contributed by atoms with Gasteiger partial charge in [0.25, 0.3) is 0 Å². The van der Waals surface area contributed by atoms with Crippen molar-refractivity contribution in [2.45, 2.75) is 41.9 Å². The van der Waals surface area contributed by atoms with Crippen molar-refractivity contribution in [1.82, 2.24) is 4.57 Å². The minimum absolute atomic E-state index is 0.00308. The lowest BCUT2D eigenvalue weighted by molar-refractivity contribution is 0.198. The van der Waals surface area contributed by atoms with E-state index in [-0.39, 0.29) is 21.9 Å². The van der Waals surface area contributed by atoms with Crippen molar-refractivity contribution in [3.05, 3.63) is 54.1 Å². The number of benzene rings is 2. The smallest absolute Gasteiger partial charge is 0.416 e. The minimum atomic E-state index is -4.09. The van der Waals surface area contributed by atoms with Crippen LogP contribution in [0, 0.1) is 0 Å². The van der Waals surface area contributed by atoms with Crippen LogP contribution in [0.1, 0.15) is 37.2 Å². The third kappa shape index (κ3) is 3.66. The average Bonchev–Trinajstić information content (AvgIpc) is 3.07. The second-order valence-electron chi connectivity index (χ2n) is 7.42. The van der Waals surface area contributed by atoms with Gasteiger partial charge in [0.1, 0.15) is 0 Å². The summed E-state index contributed by atoms with van der Waals surface area (Å²) in [6, 6.07) is 13.9. The number of nitrogens with zero attached hydrogens (tertiary/aromatic N) is 1. The molecule has 1 aliphatic carbocycles. The van der Waals surface area contributed by atoms with Gasteiger partial charge in [0.05, 0.1) is 16.1 Å². The van der Waals surface area contributed by atoms with E-state index in [1.54, 1.807) is 48.5 Å².